The molecular formula is C32H41N14NaO15P2. The van der Waals surface area contributed by atoms with Crippen LogP contribution in [0.2, 0.25) is 0 Å². The van der Waals surface area contributed by atoms with Gasteiger partial charge in [0.1, 0.15) is 60.3 Å². The number of hydrogen-bond donors (Lipinski definition) is 11. The third kappa shape index (κ3) is 12.0. The van der Waals surface area contributed by atoms with E-state index < -0.39 is 89.8 Å². The Bertz CT molecular complexity index is 2570. The van der Waals surface area contributed by atoms with Crippen molar-refractivity contribution in [3.8, 4) is 0 Å². The molecule has 2 fully saturated rings. The summed E-state index contributed by atoms with van der Waals surface area (Å²) in [7, 11) is -10.7. The Hall–Kier alpha value is -4.91. The number of aliphatic hydroxyl groups excluding tert-OH is 4. The first-order valence-electron chi connectivity index (χ1n) is 18.0. The monoisotopic (exact) mass is 946 g/mol. The minimum absolute atomic E-state index is 0. The van der Waals surface area contributed by atoms with E-state index in [2.05, 4.69) is 44.2 Å². The van der Waals surface area contributed by atoms with Crippen molar-refractivity contribution in [2.24, 2.45) is 11.5 Å². The summed E-state index contributed by atoms with van der Waals surface area (Å²) < 4.78 is 50.8. The maximum absolute atomic E-state index is 12.4. The number of ether oxygens (including phenoxy) is 2. The van der Waals surface area contributed by atoms with Crippen LogP contribution in [0.25, 0.3) is 22.3 Å². The first-order chi connectivity index (χ1) is 29.9. The van der Waals surface area contributed by atoms with Gasteiger partial charge in [-0.15, -0.1) is 0 Å². The molecule has 0 aromatic carbocycles. The third-order valence-corrected chi connectivity index (χ3v) is 11.7. The van der Waals surface area contributed by atoms with Crippen molar-refractivity contribution in [1.29, 1.82) is 0 Å². The van der Waals surface area contributed by atoms with Crippen LogP contribution in [0.5, 0.6) is 0 Å². The van der Waals surface area contributed by atoms with E-state index in [-0.39, 0.29) is 58.5 Å². The molecule has 29 nitrogen and oxygen atoms in total. The number of imidazole rings is 2. The second-order valence-corrected chi connectivity index (χ2v) is 16.3. The SMILES string of the molecule is NC(=O)C1=CN([C@@H]2O[C@H](COP(=O)(O)OP(=O)(O)OC[C@H]3O[C@@H](n4cnc5c(N)ncnc54)[C@H](O)[C@@H]3O)[C@@H](O)[C@H]2O)C=CC1.NC(=O)c1cccnc1.Nc1ncnc2[nH]cnc12.[NaH]. The van der Waals surface area contributed by atoms with Crippen molar-refractivity contribution < 1.29 is 71.8 Å². The van der Waals surface area contributed by atoms with Crippen molar-refractivity contribution >= 4 is 91.0 Å². The molecule has 8 heterocycles. The number of phosphoric ester groups is 2. The predicted molar refractivity (Wildman–Crippen MR) is 218 cm³/mol. The Balaban J connectivity index is 0.000000314. The molecule has 0 radical (unpaired) electrons. The second-order valence-electron chi connectivity index (χ2n) is 13.3. The molecule has 3 aliphatic rings. The number of nitrogens with zero attached hydrogens (tertiary/aromatic N) is 9. The molecular weight excluding hydrogens is 905 g/mol. The van der Waals surface area contributed by atoms with Gasteiger partial charge < -0.3 is 72.5 Å². The quantitative estimate of drug-likeness (QED) is 0.0433. The summed E-state index contributed by atoms with van der Waals surface area (Å²) >= 11 is 0. The number of carbonyl (C=O) groups excluding carboxylic acids is 2. The Morgan fingerprint density at radius 3 is 2.02 bits per heavy atom. The number of nitrogens with two attached hydrogens (primary N) is 4. The molecule has 8 rings (SSSR count). The first-order valence-corrected chi connectivity index (χ1v) is 21.0. The molecule has 32 heteroatoms. The number of fused-ring (bicyclic) bond motifs is 2. The topological polar surface area (TPSA) is 454 Å². The zero-order valence-electron chi connectivity index (χ0n) is 32.2. The van der Waals surface area contributed by atoms with Crippen LogP contribution in [0.4, 0.5) is 11.6 Å². The molecule has 10 atom stereocenters. The Kier molecular flexibility index (Phi) is 16.7. The summed E-state index contributed by atoms with van der Waals surface area (Å²) in [6.07, 6.45) is 1.08. The average Bonchev–Trinajstić information content (AvgIpc) is 4.04. The number of aromatic nitrogens is 9. The third-order valence-electron chi connectivity index (χ3n) is 9.07. The molecule has 15 N–H and O–H groups in total. The summed E-state index contributed by atoms with van der Waals surface area (Å²) in [5.41, 5.74) is 23.7. The van der Waals surface area contributed by atoms with Crippen LogP contribution in [0.1, 0.15) is 23.0 Å². The van der Waals surface area contributed by atoms with Gasteiger partial charge in [0.25, 0.3) is 0 Å². The first kappa shape index (κ1) is 50.1. The van der Waals surface area contributed by atoms with E-state index in [9.17, 15) is 48.9 Å². The molecule has 0 spiro atoms. The van der Waals surface area contributed by atoms with Gasteiger partial charge in [0.05, 0.1) is 31.4 Å². The zero-order chi connectivity index (χ0) is 45.6. The molecule has 64 heavy (non-hydrogen) atoms. The Morgan fingerprint density at radius 2 is 1.44 bits per heavy atom. The standard InChI is InChI=1S/C21H29N7O14P2.C6H6N2O.C5H5N5.Na.H/c22-17-12-19(25-7-24-17)28(8-26-12)21-16(32)14(30)11(41-21)6-39-44(36,37)42-43(34,35)38-5-10-13(29)15(31)20(40-10)27-3-1-2-9(4-27)18(23)33;7-6(9)5-2-1-3-8-4-5;6-4-3-5(9-1-7-3)10-2-8-4;;/h1,3-4,7-8,10-11,13-16,20-21,29-32H,2,5-6H2,(H2,23,33)(H,34,35)(H,36,37)(H2,22,24,25);1-4H,(H2,7,9);1-2H,(H3,6,7,8,9,10);;/t10-,11-,13-,14-,15-,16-,20-,21-;;;;/m1..../s1. The fraction of sp³-hybridized carbons (Fsp3) is 0.344. The minimum atomic E-state index is -5.37. The number of allylic oxidation sites excluding steroid dienone is 1. The van der Waals surface area contributed by atoms with E-state index in [1.807, 2.05) is 0 Å². The van der Waals surface area contributed by atoms with Gasteiger partial charge in [-0.05, 0) is 18.6 Å². The van der Waals surface area contributed by atoms with Crippen LogP contribution in [0.3, 0.4) is 0 Å². The number of hydrogen-bond acceptors (Lipinski definition) is 23. The number of nitrogens with one attached hydrogen (secondary N) is 1. The maximum atomic E-state index is 12.4. The van der Waals surface area contributed by atoms with Gasteiger partial charge in [0.15, 0.2) is 35.4 Å². The summed E-state index contributed by atoms with van der Waals surface area (Å²) in [6.45, 7) is -1.79. The summed E-state index contributed by atoms with van der Waals surface area (Å²) in [5, 5.41) is 41.6. The number of primary amides is 2. The van der Waals surface area contributed by atoms with E-state index in [0.29, 0.717) is 22.5 Å². The van der Waals surface area contributed by atoms with Gasteiger partial charge in [-0.3, -0.25) is 28.2 Å². The summed E-state index contributed by atoms with van der Waals surface area (Å²) in [4.78, 5) is 73.1. The number of pyridine rings is 1. The number of aromatic amines is 1. The number of H-pyrrole nitrogens is 1. The van der Waals surface area contributed by atoms with Crippen LogP contribution in [-0.2, 0) is 36.8 Å². The van der Waals surface area contributed by atoms with Crippen LogP contribution >= 0.6 is 15.6 Å². The van der Waals surface area contributed by atoms with Gasteiger partial charge in [0, 0.05) is 30.4 Å². The zero-order valence-corrected chi connectivity index (χ0v) is 34.0. The van der Waals surface area contributed by atoms with E-state index in [1.165, 1.54) is 47.0 Å². The Labute approximate surface area is 381 Å². The molecule has 2 saturated heterocycles. The Morgan fingerprint density at radius 1 is 0.828 bits per heavy atom. The van der Waals surface area contributed by atoms with Crippen molar-refractivity contribution in [1.82, 2.24) is 49.3 Å². The van der Waals surface area contributed by atoms with E-state index in [0.717, 1.165) is 6.33 Å². The fourth-order valence-electron chi connectivity index (χ4n) is 5.97. The van der Waals surface area contributed by atoms with Gasteiger partial charge >= 0.3 is 45.2 Å². The van der Waals surface area contributed by atoms with Gasteiger partial charge in [-0.1, -0.05) is 6.08 Å². The molecule has 2 unspecified atom stereocenters. The van der Waals surface area contributed by atoms with E-state index >= 15 is 0 Å². The number of phosphoric acid groups is 2. The fourth-order valence-corrected chi connectivity index (χ4v) is 8.06. The van der Waals surface area contributed by atoms with Crippen molar-refractivity contribution in [2.75, 3.05) is 24.7 Å². The van der Waals surface area contributed by atoms with Crippen LogP contribution < -0.4 is 22.9 Å². The van der Waals surface area contributed by atoms with Gasteiger partial charge in [-0.2, -0.15) is 4.31 Å². The second kappa shape index (κ2) is 21.4. The molecule has 0 saturated carbocycles. The van der Waals surface area contributed by atoms with Gasteiger partial charge in [0.2, 0.25) is 11.8 Å². The predicted octanol–water partition coefficient (Wildman–Crippen LogP) is -3.22. The van der Waals surface area contributed by atoms with E-state index in [1.54, 1.807) is 24.4 Å². The number of carbonyl (C=O) groups is 2. The number of anilines is 2. The number of amides is 2. The molecule has 0 aliphatic carbocycles. The number of aliphatic hydroxyl groups is 4. The molecule has 340 valence electrons. The molecule has 5 aromatic rings. The van der Waals surface area contributed by atoms with Crippen molar-refractivity contribution in [2.45, 2.75) is 55.5 Å². The summed E-state index contributed by atoms with van der Waals surface area (Å²) in [6, 6.07) is 3.29. The van der Waals surface area contributed by atoms with Crippen LogP contribution in [-0.4, -0.2) is 177 Å². The summed E-state index contributed by atoms with van der Waals surface area (Å²) in [5.74, 6) is -0.691. The van der Waals surface area contributed by atoms with Crippen LogP contribution in [0.15, 0.2) is 73.9 Å². The molecule has 0 bridgehead atoms. The van der Waals surface area contributed by atoms with Crippen molar-refractivity contribution in [3.05, 3.63) is 79.4 Å². The van der Waals surface area contributed by atoms with Crippen LogP contribution in [0, 0.1) is 0 Å². The molecule has 3 aliphatic heterocycles. The van der Waals surface area contributed by atoms with Crippen molar-refractivity contribution in [3.63, 3.8) is 0 Å². The average molecular weight is 947 g/mol. The molecule has 5 aromatic heterocycles. The number of nitrogen functional groups attached to an aromatic ring is 2. The van der Waals surface area contributed by atoms with Gasteiger partial charge in [-0.25, -0.2) is 39.0 Å². The normalized spacial score (nSPS) is 25.8. The van der Waals surface area contributed by atoms with E-state index in [4.69, 9.17) is 41.5 Å². The molecule has 2 amide bonds. The number of rotatable bonds is 12.